The van der Waals surface area contributed by atoms with E-state index < -0.39 is 5.97 Å². The van der Waals surface area contributed by atoms with E-state index in [1.54, 1.807) is 7.11 Å². The summed E-state index contributed by atoms with van der Waals surface area (Å²) in [6, 6.07) is 6.13. The lowest BCUT2D eigenvalue weighted by atomic mass is 10.1. The second kappa shape index (κ2) is 5.92. The van der Waals surface area contributed by atoms with E-state index in [0.717, 1.165) is 35.2 Å². The molecule has 104 valence electrons. The topological polar surface area (TPSA) is 49.8 Å². The van der Waals surface area contributed by atoms with Crippen molar-refractivity contribution in [3.8, 4) is 5.75 Å². The Hall–Kier alpha value is -1.07. The molecule has 1 aromatic carbocycles. The number of ether oxygens (including phenoxy) is 1. The zero-order chi connectivity index (χ0) is 14.0. The molecule has 1 fully saturated rings. The van der Waals surface area contributed by atoms with Gasteiger partial charge in [0.05, 0.1) is 13.0 Å². The maximum Gasteiger partial charge on any atom is 0.308 e. The average molecular weight is 328 g/mol. The number of rotatable bonds is 6. The minimum absolute atomic E-state index is 0.186. The number of halogens is 1. The highest BCUT2D eigenvalue weighted by molar-refractivity contribution is 9.10. The molecule has 1 saturated carbocycles. The summed E-state index contributed by atoms with van der Waals surface area (Å²) >= 11 is 3.46. The van der Waals surface area contributed by atoms with Gasteiger partial charge in [-0.25, -0.2) is 0 Å². The molecule has 5 heteroatoms. The molecule has 2 unspecified atom stereocenters. The van der Waals surface area contributed by atoms with Gasteiger partial charge in [0, 0.05) is 17.1 Å². The van der Waals surface area contributed by atoms with Gasteiger partial charge in [0.1, 0.15) is 5.75 Å². The van der Waals surface area contributed by atoms with Gasteiger partial charge in [-0.2, -0.15) is 0 Å². The summed E-state index contributed by atoms with van der Waals surface area (Å²) in [6.45, 7) is 0.835. The molecule has 2 atom stereocenters. The third kappa shape index (κ3) is 3.48. The monoisotopic (exact) mass is 327 g/mol. The van der Waals surface area contributed by atoms with Crippen molar-refractivity contribution in [3.05, 3.63) is 28.2 Å². The number of carboxylic acid groups (broad SMARTS) is 1. The summed E-state index contributed by atoms with van der Waals surface area (Å²) in [7, 11) is 3.65. The molecule has 0 radical (unpaired) electrons. The number of carbonyl (C=O) groups is 1. The zero-order valence-corrected chi connectivity index (χ0v) is 12.7. The van der Waals surface area contributed by atoms with Crippen molar-refractivity contribution in [1.82, 2.24) is 4.90 Å². The first-order valence-corrected chi connectivity index (χ1v) is 7.07. The number of nitrogens with zero attached hydrogens (tertiary/aromatic N) is 1. The first-order chi connectivity index (χ1) is 9.02. The Morgan fingerprint density at radius 2 is 2.32 bits per heavy atom. The third-order valence-corrected chi connectivity index (χ3v) is 4.11. The summed E-state index contributed by atoms with van der Waals surface area (Å²) in [4.78, 5) is 13.0. The number of hydrogen-bond acceptors (Lipinski definition) is 3. The second-order valence-electron chi connectivity index (χ2n) is 4.93. The lowest BCUT2D eigenvalue weighted by Crippen LogP contribution is -2.26. The molecular formula is C14H18BrNO3. The Balaban J connectivity index is 1.92. The van der Waals surface area contributed by atoms with Crippen molar-refractivity contribution < 1.29 is 14.6 Å². The lowest BCUT2D eigenvalue weighted by Gasteiger charge is -2.17. The number of aliphatic carboxylic acids is 1. The van der Waals surface area contributed by atoms with Gasteiger partial charge in [0.2, 0.25) is 0 Å². The number of carboxylic acids is 1. The zero-order valence-electron chi connectivity index (χ0n) is 11.1. The highest BCUT2D eigenvalue weighted by Crippen LogP contribution is 2.35. The van der Waals surface area contributed by atoms with Crippen LogP contribution in [0.1, 0.15) is 12.0 Å². The van der Waals surface area contributed by atoms with Gasteiger partial charge in [0.15, 0.2) is 0 Å². The SMILES string of the molecule is COc1ccc(Br)cc1CCN(C)C1CC1C(=O)O. The van der Waals surface area contributed by atoms with Crippen LogP contribution in [0.3, 0.4) is 0 Å². The van der Waals surface area contributed by atoms with Crippen LogP contribution >= 0.6 is 15.9 Å². The minimum Gasteiger partial charge on any atom is -0.496 e. The second-order valence-corrected chi connectivity index (χ2v) is 5.85. The Bertz CT molecular complexity index is 478. The van der Waals surface area contributed by atoms with Crippen LogP contribution in [0.25, 0.3) is 0 Å². The van der Waals surface area contributed by atoms with Crippen molar-refractivity contribution in [1.29, 1.82) is 0 Å². The fourth-order valence-corrected chi connectivity index (χ4v) is 2.75. The maximum absolute atomic E-state index is 10.8. The van der Waals surface area contributed by atoms with Gasteiger partial charge in [-0.05, 0) is 43.7 Å². The van der Waals surface area contributed by atoms with Gasteiger partial charge in [-0.3, -0.25) is 4.79 Å². The quantitative estimate of drug-likeness (QED) is 0.871. The standard InChI is InChI=1S/C14H18BrNO3/c1-16(12-8-11(12)14(17)18)6-5-9-7-10(15)3-4-13(9)19-2/h3-4,7,11-12H,5-6,8H2,1-2H3,(H,17,18). The van der Waals surface area contributed by atoms with Crippen LogP contribution in [0.15, 0.2) is 22.7 Å². The average Bonchev–Trinajstić information content (AvgIpc) is 3.16. The number of likely N-dealkylation sites (N-methyl/N-ethyl adjacent to an activating group) is 1. The first kappa shape index (κ1) is 14.3. The molecule has 0 saturated heterocycles. The predicted octanol–water partition coefficient (Wildman–Crippen LogP) is 2.41. The van der Waals surface area contributed by atoms with Gasteiger partial charge >= 0.3 is 5.97 Å². The fraction of sp³-hybridized carbons (Fsp3) is 0.500. The maximum atomic E-state index is 10.8. The molecule has 0 aliphatic heterocycles. The summed E-state index contributed by atoms with van der Waals surface area (Å²) in [5.41, 5.74) is 1.14. The lowest BCUT2D eigenvalue weighted by molar-refractivity contribution is -0.138. The summed E-state index contributed by atoms with van der Waals surface area (Å²) in [5, 5.41) is 8.92. The van der Waals surface area contributed by atoms with Crippen LogP contribution in [-0.4, -0.2) is 42.7 Å². The highest BCUT2D eigenvalue weighted by atomic mass is 79.9. The Morgan fingerprint density at radius 1 is 1.58 bits per heavy atom. The molecule has 0 amide bonds. The van der Waals surface area contributed by atoms with Gasteiger partial charge < -0.3 is 14.7 Å². The Morgan fingerprint density at radius 3 is 2.89 bits per heavy atom. The van der Waals surface area contributed by atoms with Crippen molar-refractivity contribution in [3.63, 3.8) is 0 Å². The van der Waals surface area contributed by atoms with E-state index >= 15 is 0 Å². The molecule has 4 nitrogen and oxygen atoms in total. The number of hydrogen-bond donors (Lipinski definition) is 1. The van der Waals surface area contributed by atoms with E-state index in [0.29, 0.717) is 0 Å². The molecule has 0 heterocycles. The molecule has 0 spiro atoms. The molecule has 0 bridgehead atoms. The molecule has 2 rings (SSSR count). The Kier molecular flexibility index (Phi) is 4.47. The third-order valence-electron chi connectivity index (χ3n) is 3.62. The molecule has 0 aromatic heterocycles. The van der Waals surface area contributed by atoms with Crippen molar-refractivity contribution in [2.45, 2.75) is 18.9 Å². The first-order valence-electron chi connectivity index (χ1n) is 6.28. The molecule has 1 aliphatic carbocycles. The van der Waals surface area contributed by atoms with Crippen LogP contribution < -0.4 is 4.74 Å². The van der Waals surface area contributed by atoms with Crippen molar-refractivity contribution in [2.75, 3.05) is 20.7 Å². The predicted molar refractivity (Wildman–Crippen MR) is 76.6 cm³/mol. The minimum atomic E-state index is -0.683. The summed E-state index contributed by atoms with van der Waals surface area (Å²) in [6.07, 6.45) is 1.61. The van der Waals surface area contributed by atoms with E-state index in [1.165, 1.54) is 0 Å². The van der Waals surface area contributed by atoms with E-state index in [4.69, 9.17) is 9.84 Å². The van der Waals surface area contributed by atoms with E-state index in [-0.39, 0.29) is 12.0 Å². The molecule has 1 N–H and O–H groups in total. The van der Waals surface area contributed by atoms with Crippen LogP contribution in [0, 0.1) is 5.92 Å². The van der Waals surface area contributed by atoms with Crippen LogP contribution in [0.5, 0.6) is 5.75 Å². The highest BCUT2D eigenvalue weighted by Gasteiger charge is 2.45. The number of benzene rings is 1. The number of methoxy groups -OCH3 is 1. The van der Waals surface area contributed by atoms with Gasteiger partial charge in [-0.15, -0.1) is 0 Å². The molecule has 1 aromatic rings. The van der Waals surface area contributed by atoms with E-state index in [2.05, 4.69) is 20.8 Å². The van der Waals surface area contributed by atoms with Gasteiger partial charge in [-0.1, -0.05) is 15.9 Å². The fourth-order valence-electron chi connectivity index (χ4n) is 2.34. The summed E-state index contributed by atoms with van der Waals surface area (Å²) < 4.78 is 6.36. The van der Waals surface area contributed by atoms with Crippen molar-refractivity contribution in [2.24, 2.45) is 5.92 Å². The molecule has 19 heavy (non-hydrogen) atoms. The smallest absolute Gasteiger partial charge is 0.308 e. The Labute approximate surface area is 121 Å². The molecular weight excluding hydrogens is 310 g/mol. The normalized spacial score (nSPS) is 21.5. The van der Waals surface area contributed by atoms with E-state index in [1.807, 2.05) is 25.2 Å². The summed E-state index contributed by atoms with van der Waals surface area (Å²) in [5.74, 6) is 0.00785. The van der Waals surface area contributed by atoms with Crippen LogP contribution in [-0.2, 0) is 11.2 Å². The van der Waals surface area contributed by atoms with Gasteiger partial charge in [0.25, 0.3) is 0 Å². The van der Waals surface area contributed by atoms with Crippen LogP contribution in [0.2, 0.25) is 0 Å². The van der Waals surface area contributed by atoms with Crippen LogP contribution in [0.4, 0.5) is 0 Å². The van der Waals surface area contributed by atoms with E-state index in [9.17, 15) is 4.79 Å². The molecule has 1 aliphatic rings. The largest absolute Gasteiger partial charge is 0.496 e. The van der Waals surface area contributed by atoms with Crippen molar-refractivity contribution >= 4 is 21.9 Å².